The smallest absolute Gasteiger partial charge is 0.457 e. The minimum absolute atomic E-state index is 0.170. The average molecular weight is 797 g/mol. The molecule has 0 rings (SSSR count). The van der Waals surface area contributed by atoms with E-state index in [0.717, 1.165) is 83.5 Å². The van der Waals surface area contributed by atoms with Gasteiger partial charge in [-0.2, -0.15) is 0 Å². The highest BCUT2D eigenvalue weighted by atomic mass is 31.2. The van der Waals surface area contributed by atoms with Crippen molar-refractivity contribution in [2.24, 2.45) is 0 Å². The van der Waals surface area contributed by atoms with Crippen LogP contribution in [0.5, 0.6) is 0 Å². The summed E-state index contributed by atoms with van der Waals surface area (Å²) in [5, 5.41) is 19.1. The lowest BCUT2D eigenvalue weighted by Crippen LogP contribution is -2.28. The molecular weight excluding hydrogens is 719 g/mol. The molecule has 0 bridgehead atoms. The molecule has 0 amide bonds. The van der Waals surface area contributed by atoms with Crippen LogP contribution in [0.3, 0.4) is 0 Å². The van der Waals surface area contributed by atoms with E-state index in [1.165, 1.54) is 44.9 Å². The number of hydrogen-bond acceptors (Lipinski definition) is 9. The van der Waals surface area contributed by atoms with Crippen LogP contribution < -0.4 is 0 Å². The Morgan fingerprint density at radius 3 is 1.24 bits per heavy atom. The Morgan fingerprint density at radius 1 is 0.509 bits per heavy atom. The summed E-state index contributed by atoms with van der Waals surface area (Å²) in [5.41, 5.74) is 0. The lowest BCUT2D eigenvalue weighted by atomic mass is 10.1. The zero-order valence-electron chi connectivity index (χ0n) is 34.4. The summed E-state index contributed by atoms with van der Waals surface area (Å²) < 4.78 is 32.5. The summed E-state index contributed by atoms with van der Waals surface area (Å²) >= 11 is 0. The van der Waals surface area contributed by atoms with E-state index in [1.54, 1.807) is 0 Å². The molecule has 3 unspecified atom stereocenters. The van der Waals surface area contributed by atoms with E-state index in [4.69, 9.17) is 18.5 Å². The predicted octanol–water partition coefficient (Wildman–Crippen LogP) is 11.1. The van der Waals surface area contributed by atoms with Gasteiger partial charge in [-0.05, 0) is 77.0 Å². The van der Waals surface area contributed by atoms with Crippen LogP contribution >= 0.6 is 7.82 Å². The van der Waals surface area contributed by atoms with Crippen molar-refractivity contribution in [3.63, 3.8) is 0 Å². The van der Waals surface area contributed by atoms with Crippen LogP contribution in [0.15, 0.2) is 60.8 Å². The Balaban J connectivity index is 3.97. The Hall–Kier alpha value is -2.33. The van der Waals surface area contributed by atoms with E-state index in [0.29, 0.717) is 12.8 Å². The van der Waals surface area contributed by atoms with Crippen molar-refractivity contribution >= 4 is 19.8 Å². The number of allylic oxidation sites excluding steroid dienone is 10. The number of carbonyl (C=O) groups excluding carboxylic acids is 2. The maximum Gasteiger partial charge on any atom is 0.472 e. The van der Waals surface area contributed by atoms with Crippen LogP contribution in [0, 0.1) is 0 Å². The van der Waals surface area contributed by atoms with Crippen molar-refractivity contribution in [1.29, 1.82) is 0 Å². The number of esters is 2. The van der Waals surface area contributed by atoms with Crippen molar-refractivity contribution in [3.05, 3.63) is 60.8 Å². The molecule has 0 aliphatic carbocycles. The van der Waals surface area contributed by atoms with Gasteiger partial charge in [0.1, 0.15) is 12.2 Å². The number of ether oxygens (including phenoxy) is 2. The molecule has 0 saturated heterocycles. The van der Waals surface area contributed by atoms with Crippen molar-refractivity contribution in [1.82, 2.24) is 0 Å². The van der Waals surface area contributed by atoms with E-state index in [-0.39, 0.29) is 12.8 Å². The molecule has 0 aliphatic rings. The Kier molecular flexibility index (Phi) is 38.2. The number of carbonyl (C=O) groups is 2. The second-order valence-corrected chi connectivity index (χ2v) is 15.4. The normalized spacial score (nSPS) is 14.5. The first-order valence-corrected chi connectivity index (χ1v) is 22.7. The highest BCUT2D eigenvalue weighted by Gasteiger charge is 2.27. The first kappa shape index (κ1) is 52.7. The quantitative estimate of drug-likeness (QED) is 0.0237. The first-order valence-electron chi connectivity index (χ1n) is 21.2. The summed E-state index contributed by atoms with van der Waals surface area (Å²) in [6.45, 7) is 2.03. The highest BCUT2D eigenvalue weighted by molar-refractivity contribution is 7.47. The SMILES string of the molecule is CC/C=C\C/C=C\C/C=C\CCCCCCCC(=O)OC(CO)COP(=O)(O)OCC(CO)OC(=O)CCCCCCCCC/C=C\C/C=C\CCCCC. The van der Waals surface area contributed by atoms with Crippen LogP contribution in [0.4, 0.5) is 0 Å². The Labute approximate surface area is 334 Å². The van der Waals surface area contributed by atoms with Crippen LogP contribution in [0.2, 0.25) is 0 Å². The summed E-state index contributed by atoms with van der Waals surface area (Å²) in [4.78, 5) is 34.5. The van der Waals surface area contributed by atoms with Gasteiger partial charge < -0.3 is 24.6 Å². The van der Waals surface area contributed by atoms with Crippen LogP contribution in [-0.2, 0) is 32.7 Å². The minimum atomic E-state index is -4.64. The monoisotopic (exact) mass is 797 g/mol. The number of aliphatic hydroxyl groups is 2. The average Bonchev–Trinajstić information content (AvgIpc) is 3.17. The molecule has 0 heterocycles. The van der Waals surface area contributed by atoms with E-state index >= 15 is 0 Å². The van der Waals surface area contributed by atoms with Crippen LogP contribution in [0.25, 0.3) is 0 Å². The van der Waals surface area contributed by atoms with Crippen molar-refractivity contribution in [2.45, 2.75) is 180 Å². The second-order valence-electron chi connectivity index (χ2n) is 13.9. The minimum Gasteiger partial charge on any atom is -0.457 e. The molecule has 0 spiro atoms. The van der Waals surface area contributed by atoms with Crippen LogP contribution in [-0.4, -0.2) is 65.7 Å². The van der Waals surface area contributed by atoms with Crippen LogP contribution in [0.1, 0.15) is 168 Å². The number of unbranched alkanes of at least 4 members (excludes halogenated alkanes) is 15. The second kappa shape index (κ2) is 39.9. The third-order valence-corrected chi connectivity index (χ3v) is 9.66. The molecule has 0 fully saturated rings. The molecule has 10 nitrogen and oxygen atoms in total. The standard InChI is InChI=1S/C44H77O10P/c1-3-5-7-9-11-13-15-17-19-20-22-24-26-28-30-32-34-36-44(48)54-42(38-46)40-52-55(49,50)51-39-41(37-45)53-43(47)35-33-31-29-27-25-23-21-18-16-14-12-10-8-6-4-2/h6,8,11-14,17-19,21,41-42,45-46H,3-5,7,9-10,15-16,20,22-40H2,1-2H3,(H,49,50)/b8-6-,13-11-,14-12-,19-17-,21-18-. The largest absolute Gasteiger partial charge is 0.472 e. The molecule has 0 saturated carbocycles. The van der Waals surface area contributed by atoms with Crippen molar-refractivity contribution in [3.8, 4) is 0 Å². The third kappa shape index (κ3) is 38.3. The van der Waals surface area contributed by atoms with Gasteiger partial charge in [0.15, 0.2) is 0 Å². The fourth-order valence-electron chi connectivity index (χ4n) is 5.45. The van der Waals surface area contributed by atoms with Gasteiger partial charge in [0.25, 0.3) is 0 Å². The van der Waals surface area contributed by atoms with Crippen molar-refractivity contribution < 1.29 is 47.8 Å². The van der Waals surface area contributed by atoms with Gasteiger partial charge in [0.05, 0.1) is 26.4 Å². The topological polar surface area (TPSA) is 149 Å². The van der Waals surface area contributed by atoms with E-state index in [1.807, 2.05) is 0 Å². The number of phosphoric ester groups is 1. The summed E-state index contributed by atoms with van der Waals surface area (Å²) in [6.07, 6.45) is 43.3. The number of aliphatic hydroxyl groups excluding tert-OH is 2. The van der Waals surface area contributed by atoms with E-state index in [9.17, 15) is 29.3 Å². The molecule has 3 N–H and O–H groups in total. The van der Waals surface area contributed by atoms with Gasteiger partial charge in [-0.25, -0.2) is 4.57 Å². The van der Waals surface area contributed by atoms with Crippen molar-refractivity contribution in [2.75, 3.05) is 26.4 Å². The number of rotatable bonds is 39. The third-order valence-electron chi connectivity index (χ3n) is 8.71. The zero-order valence-corrected chi connectivity index (χ0v) is 35.3. The fraction of sp³-hybridized carbons (Fsp3) is 0.727. The Bertz CT molecular complexity index is 1100. The number of phosphoric acid groups is 1. The summed E-state index contributed by atoms with van der Waals surface area (Å²) in [5.74, 6) is -1.05. The molecule has 3 atom stereocenters. The molecule has 11 heteroatoms. The van der Waals surface area contributed by atoms with E-state index in [2.05, 4.69) is 74.6 Å². The lowest BCUT2D eigenvalue weighted by molar-refractivity contribution is -0.153. The molecule has 0 aromatic rings. The van der Waals surface area contributed by atoms with Gasteiger partial charge in [-0.3, -0.25) is 18.6 Å². The first-order chi connectivity index (χ1) is 26.8. The maximum atomic E-state index is 12.4. The van der Waals surface area contributed by atoms with E-state index < -0.39 is 58.4 Å². The van der Waals surface area contributed by atoms with Gasteiger partial charge in [-0.15, -0.1) is 0 Å². The summed E-state index contributed by atoms with van der Waals surface area (Å²) in [6, 6.07) is 0. The molecule has 0 radical (unpaired) electrons. The highest BCUT2D eigenvalue weighted by Crippen LogP contribution is 2.43. The van der Waals surface area contributed by atoms with Gasteiger partial charge in [0, 0.05) is 12.8 Å². The van der Waals surface area contributed by atoms with Gasteiger partial charge >= 0.3 is 19.8 Å². The maximum absolute atomic E-state index is 12.4. The zero-order chi connectivity index (χ0) is 40.5. The molecule has 0 aromatic heterocycles. The predicted molar refractivity (Wildman–Crippen MR) is 224 cm³/mol. The Morgan fingerprint density at radius 2 is 0.855 bits per heavy atom. The molecule has 0 aliphatic heterocycles. The number of hydrogen-bond donors (Lipinski definition) is 3. The lowest BCUT2D eigenvalue weighted by Gasteiger charge is -2.20. The molecule has 0 aromatic carbocycles. The molecule has 318 valence electrons. The fourth-order valence-corrected chi connectivity index (χ4v) is 6.24. The summed E-state index contributed by atoms with van der Waals surface area (Å²) in [7, 11) is -4.64. The van der Waals surface area contributed by atoms with Gasteiger partial charge in [0.2, 0.25) is 0 Å². The molecular formula is C44H77O10P. The van der Waals surface area contributed by atoms with Gasteiger partial charge in [-0.1, -0.05) is 139 Å². The molecule has 55 heavy (non-hydrogen) atoms.